The summed E-state index contributed by atoms with van der Waals surface area (Å²) in [4.78, 5) is 25.7. The van der Waals surface area contributed by atoms with Crippen LogP contribution in [0.5, 0.6) is 6.01 Å². The molecule has 0 atom stereocenters. The highest BCUT2D eigenvalue weighted by molar-refractivity contribution is 5.73. The van der Waals surface area contributed by atoms with Crippen molar-refractivity contribution < 1.29 is 32.3 Å². The monoisotopic (exact) mass is 414 g/mol. The van der Waals surface area contributed by atoms with E-state index in [0.29, 0.717) is 29.7 Å². The number of ether oxygens (including phenoxy) is 1. The number of aromatic nitrogens is 6. The van der Waals surface area contributed by atoms with Gasteiger partial charge in [-0.05, 0) is 13.8 Å². The molecule has 10 nitrogen and oxygen atoms in total. The van der Waals surface area contributed by atoms with Gasteiger partial charge >= 0.3 is 18.2 Å². The first-order valence-electron chi connectivity index (χ1n) is 8.10. The van der Waals surface area contributed by atoms with E-state index in [1.807, 2.05) is 24.6 Å². The second kappa shape index (κ2) is 9.12. The Balaban J connectivity index is 0.000000370. The molecule has 0 spiro atoms. The lowest BCUT2D eigenvalue weighted by molar-refractivity contribution is -0.192. The lowest BCUT2D eigenvalue weighted by Gasteiger charge is -2.02. The zero-order valence-corrected chi connectivity index (χ0v) is 15.6. The van der Waals surface area contributed by atoms with Gasteiger partial charge in [-0.15, -0.1) is 0 Å². The van der Waals surface area contributed by atoms with Crippen LogP contribution in [0.25, 0.3) is 11.5 Å². The Kier molecular flexibility index (Phi) is 6.85. The van der Waals surface area contributed by atoms with Gasteiger partial charge in [-0.25, -0.2) is 14.8 Å². The molecule has 0 aliphatic carbocycles. The number of imidazole rings is 1. The van der Waals surface area contributed by atoms with Crippen molar-refractivity contribution in [1.82, 2.24) is 29.7 Å². The molecule has 3 aromatic heterocycles. The molecule has 13 heteroatoms. The molecular weight excluding hydrogens is 397 g/mol. The van der Waals surface area contributed by atoms with Gasteiger partial charge in [0.15, 0.2) is 5.82 Å². The van der Waals surface area contributed by atoms with Crippen molar-refractivity contribution >= 4 is 5.97 Å². The molecule has 0 fully saturated rings. The van der Waals surface area contributed by atoms with Crippen LogP contribution in [0.2, 0.25) is 0 Å². The molecule has 29 heavy (non-hydrogen) atoms. The minimum Gasteiger partial charge on any atom is -0.475 e. The first kappa shape index (κ1) is 21.8. The molecule has 3 rings (SSSR count). The number of hydrogen-bond donors (Lipinski definition) is 1. The van der Waals surface area contributed by atoms with E-state index >= 15 is 0 Å². The van der Waals surface area contributed by atoms with Crippen molar-refractivity contribution in [3.63, 3.8) is 0 Å². The third-order valence-corrected chi connectivity index (χ3v) is 3.58. The molecule has 0 amide bonds. The first-order chi connectivity index (χ1) is 13.6. The van der Waals surface area contributed by atoms with Gasteiger partial charge in [0.25, 0.3) is 5.89 Å². The molecule has 0 aliphatic rings. The van der Waals surface area contributed by atoms with Crippen molar-refractivity contribution in [3.05, 3.63) is 35.9 Å². The number of alkyl halides is 3. The Morgan fingerprint density at radius 3 is 2.48 bits per heavy atom. The third kappa shape index (κ3) is 5.99. The highest BCUT2D eigenvalue weighted by atomic mass is 19.4. The fraction of sp³-hybridized carbons (Fsp3) is 0.375. The van der Waals surface area contributed by atoms with Gasteiger partial charge in [0.05, 0.1) is 18.4 Å². The fourth-order valence-corrected chi connectivity index (χ4v) is 2.08. The number of carboxylic acid groups (broad SMARTS) is 1. The minimum absolute atomic E-state index is 0.316. The second-order valence-corrected chi connectivity index (χ2v) is 5.59. The number of hydrogen-bond acceptors (Lipinski definition) is 8. The van der Waals surface area contributed by atoms with Crippen LogP contribution in [0.3, 0.4) is 0 Å². The van der Waals surface area contributed by atoms with Crippen LogP contribution in [0.15, 0.2) is 23.1 Å². The Morgan fingerprint density at radius 2 is 1.97 bits per heavy atom. The number of nitrogens with zero attached hydrogens (tertiary/aromatic N) is 6. The first-order valence-corrected chi connectivity index (χ1v) is 8.10. The van der Waals surface area contributed by atoms with E-state index in [-0.39, 0.29) is 0 Å². The standard InChI is InChI=1S/C14H16N6O2.C2HF3O2/c1-9-11(8-16-14(17-9)21-3)13-18-12(19-22-13)4-6-20-7-5-15-10(20)2;3-2(4,5)1(6)7/h5,7-8H,4,6H2,1-3H3;(H,6,7). The zero-order chi connectivity index (χ0) is 21.6. The number of aliphatic carboxylic acids is 1. The van der Waals surface area contributed by atoms with Gasteiger partial charge in [-0.3, -0.25) is 0 Å². The van der Waals surface area contributed by atoms with E-state index in [1.165, 1.54) is 7.11 Å². The number of carboxylic acids is 1. The predicted octanol–water partition coefficient (Wildman–Crippen LogP) is 2.22. The normalized spacial score (nSPS) is 11.0. The van der Waals surface area contributed by atoms with E-state index < -0.39 is 12.1 Å². The van der Waals surface area contributed by atoms with E-state index in [0.717, 1.165) is 18.1 Å². The van der Waals surface area contributed by atoms with Gasteiger partial charge in [-0.1, -0.05) is 5.16 Å². The Labute approximate surface area is 162 Å². The predicted molar refractivity (Wildman–Crippen MR) is 91.0 cm³/mol. The maximum absolute atomic E-state index is 10.6. The fourth-order valence-electron chi connectivity index (χ4n) is 2.08. The quantitative estimate of drug-likeness (QED) is 0.668. The Hall–Kier alpha value is -3.51. The zero-order valence-electron chi connectivity index (χ0n) is 15.6. The van der Waals surface area contributed by atoms with Crippen LogP contribution in [0, 0.1) is 13.8 Å². The van der Waals surface area contributed by atoms with Crippen LogP contribution in [0.4, 0.5) is 13.2 Å². The van der Waals surface area contributed by atoms with Gasteiger partial charge in [0.2, 0.25) is 0 Å². The molecule has 3 aromatic rings. The van der Waals surface area contributed by atoms with Crippen LogP contribution < -0.4 is 4.74 Å². The molecule has 1 N–H and O–H groups in total. The molecule has 0 bridgehead atoms. The number of halogens is 3. The summed E-state index contributed by atoms with van der Waals surface area (Å²) in [7, 11) is 1.53. The Bertz CT molecular complexity index is 970. The lowest BCUT2D eigenvalue weighted by Crippen LogP contribution is -2.21. The number of rotatable bonds is 5. The largest absolute Gasteiger partial charge is 0.490 e. The summed E-state index contributed by atoms with van der Waals surface area (Å²) in [5.74, 6) is -0.744. The van der Waals surface area contributed by atoms with Crippen LogP contribution in [-0.2, 0) is 17.8 Å². The average molecular weight is 414 g/mol. The Morgan fingerprint density at radius 1 is 1.28 bits per heavy atom. The van der Waals surface area contributed by atoms with E-state index in [9.17, 15) is 13.2 Å². The summed E-state index contributed by atoms with van der Waals surface area (Å²) in [6.45, 7) is 4.56. The topological polar surface area (TPSA) is 129 Å². The maximum Gasteiger partial charge on any atom is 0.490 e. The second-order valence-electron chi connectivity index (χ2n) is 5.59. The summed E-state index contributed by atoms with van der Waals surface area (Å²) in [6.07, 6.45) is 0.905. The van der Waals surface area contributed by atoms with E-state index in [1.54, 1.807) is 12.4 Å². The van der Waals surface area contributed by atoms with E-state index in [2.05, 4.69) is 25.1 Å². The van der Waals surface area contributed by atoms with Crippen molar-refractivity contribution in [2.75, 3.05) is 7.11 Å². The molecule has 0 saturated carbocycles. The summed E-state index contributed by atoms with van der Waals surface area (Å²) in [5, 5.41) is 11.1. The highest BCUT2D eigenvalue weighted by Crippen LogP contribution is 2.21. The summed E-state index contributed by atoms with van der Waals surface area (Å²) < 4.78 is 44.1. The number of methoxy groups -OCH3 is 1. The van der Waals surface area contributed by atoms with Crippen molar-refractivity contribution in [1.29, 1.82) is 0 Å². The molecule has 0 aromatic carbocycles. The van der Waals surface area contributed by atoms with Crippen molar-refractivity contribution in [2.24, 2.45) is 0 Å². The van der Waals surface area contributed by atoms with Crippen LogP contribution in [0.1, 0.15) is 17.3 Å². The molecule has 0 saturated heterocycles. The SMILES string of the molecule is COc1ncc(-c2nc(CCn3ccnc3C)no2)c(C)n1.O=C(O)C(F)(F)F. The summed E-state index contributed by atoms with van der Waals surface area (Å²) in [5.41, 5.74) is 1.44. The molecule has 0 aliphatic heterocycles. The van der Waals surface area contributed by atoms with Gasteiger partial charge in [0.1, 0.15) is 5.82 Å². The van der Waals surface area contributed by atoms with Crippen LogP contribution in [-0.4, -0.2) is 54.0 Å². The summed E-state index contributed by atoms with van der Waals surface area (Å²) in [6, 6.07) is 0.316. The van der Waals surface area contributed by atoms with Gasteiger partial charge < -0.3 is 18.9 Å². The molecule has 3 heterocycles. The minimum atomic E-state index is -5.08. The van der Waals surface area contributed by atoms with E-state index in [4.69, 9.17) is 19.2 Å². The molecule has 0 unspecified atom stereocenters. The number of carbonyl (C=O) groups is 1. The molecule has 0 radical (unpaired) electrons. The lowest BCUT2D eigenvalue weighted by atomic mass is 10.2. The van der Waals surface area contributed by atoms with Crippen molar-refractivity contribution in [2.45, 2.75) is 33.0 Å². The van der Waals surface area contributed by atoms with Crippen LogP contribution >= 0.6 is 0 Å². The summed E-state index contributed by atoms with van der Waals surface area (Å²) >= 11 is 0. The van der Waals surface area contributed by atoms with Gasteiger partial charge in [0, 0.05) is 31.6 Å². The highest BCUT2D eigenvalue weighted by Gasteiger charge is 2.38. The van der Waals surface area contributed by atoms with Gasteiger partial charge in [-0.2, -0.15) is 23.1 Å². The average Bonchev–Trinajstić information content (AvgIpc) is 3.28. The molecule has 156 valence electrons. The smallest absolute Gasteiger partial charge is 0.475 e. The molecular formula is C16H17F3N6O4. The maximum atomic E-state index is 10.6. The third-order valence-electron chi connectivity index (χ3n) is 3.58. The van der Waals surface area contributed by atoms with Crippen molar-refractivity contribution in [3.8, 4) is 17.5 Å². The number of aryl methyl sites for hydroxylation is 4.